The van der Waals surface area contributed by atoms with Crippen LogP contribution >= 0.6 is 11.6 Å². The van der Waals surface area contributed by atoms with Gasteiger partial charge in [0, 0.05) is 61.9 Å². The molecule has 2 N–H and O–H groups in total. The zero-order chi connectivity index (χ0) is 22.5. The largest absolute Gasteiger partial charge is 0.495 e. The second-order valence-electron chi connectivity index (χ2n) is 8.10. The van der Waals surface area contributed by atoms with Crippen molar-refractivity contribution >= 4 is 34.7 Å². The summed E-state index contributed by atoms with van der Waals surface area (Å²) in [7, 11) is 3.78. The molecule has 1 fully saturated rings. The van der Waals surface area contributed by atoms with Crippen molar-refractivity contribution in [2.24, 2.45) is 0 Å². The predicted octanol–water partition coefficient (Wildman–Crippen LogP) is 4.68. The molecule has 7 nitrogen and oxygen atoms in total. The Hall–Kier alpha value is -2.87. The van der Waals surface area contributed by atoms with Crippen molar-refractivity contribution in [3.8, 4) is 5.75 Å². The van der Waals surface area contributed by atoms with Crippen LogP contribution in [0.15, 0.2) is 48.7 Å². The van der Waals surface area contributed by atoms with Crippen molar-refractivity contribution in [2.45, 2.75) is 13.5 Å². The van der Waals surface area contributed by atoms with Gasteiger partial charge in [0.25, 0.3) is 0 Å². The second-order valence-corrected chi connectivity index (χ2v) is 8.51. The van der Waals surface area contributed by atoms with E-state index >= 15 is 0 Å². The lowest BCUT2D eigenvalue weighted by Gasteiger charge is -2.32. The van der Waals surface area contributed by atoms with Gasteiger partial charge in [-0.2, -0.15) is 4.98 Å². The lowest BCUT2D eigenvalue weighted by molar-refractivity contribution is 0.148. The first kappa shape index (κ1) is 22.3. The Balaban J connectivity index is 1.41. The van der Waals surface area contributed by atoms with Gasteiger partial charge in [0.1, 0.15) is 11.6 Å². The highest BCUT2D eigenvalue weighted by molar-refractivity contribution is 6.32. The number of likely N-dealkylation sites (N-methyl/N-ethyl adjacent to an activating group) is 1. The maximum Gasteiger partial charge on any atom is 0.229 e. The topological polar surface area (TPSA) is 65.6 Å². The van der Waals surface area contributed by atoms with Crippen LogP contribution < -0.4 is 15.4 Å². The standard InChI is InChI=1S/C24H29ClN6O/c1-17-15-26-24(29-23(17)27-20-8-9-21(25)22(14-20)32-3)28-19-6-4-18(5-7-19)16-31-12-10-30(2)11-13-31/h4-9,14-15H,10-13,16H2,1-3H3,(H2,26,27,28,29). The molecular formula is C24H29ClN6O. The van der Waals surface area contributed by atoms with Gasteiger partial charge in [0.05, 0.1) is 12.1 Å². The summed E-state index contributed by atoms with van der Waals surface area (Å²) >= 11 is 6.12. The molecule has 0 radical (unpaired) electrons. The number of methoxy groups -OCH3 is 1. The number of nitrogens with one attached hydrogen (secondary N) is 2. The summed E-state index contributed by atoms with van der Waals surface area (Å²) in [6.07, 6.45) is 1.80. The SMILES string of the molecule is COc1cc(Nc2nc(Nc3ccc(CN4CCN(C)CC4)cc3)ncc2C)ccc1Cl. The van der Waals surface area contributed by atoms with Gasteiger partial charge in [0.2, 0.25) is 5.95 Å². The lowest BCUT2D eigenvalue weighted by atomic mass is 10.2. The Bertz CT molecular complexity index is 1050. The normalized spacial score (nSPS) is 14.9. The van der Waals surface area contributed by atoms with E-state index < -0.39 is 0 Å². The van der Waals surface area contributed by atoms with Gasteiger partial charge in [-0.05, 0) is 43.8 Å². The van der Waals surface area contributed by atoms with E-state index in [4.69, 9.17) is 16.3 Å². The highest BCUT2D eigenvalue weighted by Gasteiger charge is 2.14. The average Bonchev–Trinajstić information content (AvgIpc) is 2.80. The third kappa shape index (κ3) is 5.68. The Morgan fingerprint density at radius 1 is 1.00 bits per heavy atom. The quantitative estimate of drug-likeness (QED) is 0.539. The summed E-state index contributed by atoms with van der Waals surface area (Å²) in [5.41, 5.74) is 4.04. The van der Waals surface area contributed by atoms with Crippen LogP contribution in [0.2, 0.25) is 5.02 Å². The molecule has 0 spiro atoms. The first-order chi connectivity index (χ1) is 15.5. The monoisotopic (exact) mass is 452 g/mol. The highest BCUT2D eigenvalue weighted by atomic mass is 35.5. The number of rotatable bonds is 7. The zero-order valence-corrected chi connectivity index (χ0v) is 19.5. The molecule has 0 bridgehead atoms. The molecule has 3 aromatic rings. The molecular weight excluding hydrogens is 424 g/mol. The van der Waals surface area contributed by atoms with Crippen LogP contribution in [0.4, 0.5) is 23.1 Å². The third-order valence-corrected chi connectivity index (χ3v) is 5.91. The number of halogens is 1. The van der Waals surface area contributed by atoms with Gasteiger partial charge < -0.3 is 20.3 Å². The maximum absolute atomic E-state index is 6.12. The van der Waals surface area contributed by atoms with E-state index in [-0.39, 0.29) is 0 Å². The van der Waals surface area contributed by atoms with E-state index in [2.05, 4.69) is 61.7 Å². The fourth-order valence-corrected chi connectivity index (χ4v) is 3.78. The number of benzene rings is 2. The third-order valence-electron chi connectivity index (χ3n) is 5.60. The summed E-state index contributed by atoms with van der Waals surface area (Å²) in [6.45, 7) is 7.43. The van der Waals surface area contributed by atoms with Gasteiger partial charge in [-0.1, -0.05) is 23.7 Å². The molecule has 1 aliphatic heterocycles. The molecule has 4 rings (SSSR count). The summed E-state index contributed by atoms with van der Waals surface area (Å²) < 4.78 is 5.30. The minimum absolute atomic E-state index is 0.533. The van der Waals surface area contributed by atoms with Crippen LogP contribution in [-0.2, 0) is 6.54 Å². The van der Waals surface area contributed by atoms with Crippen molar-refractivity contribution < 1.29 is 4.74 Å². The first-order valence-electron chi connectivity index (χ1n) is 10.7. The second kappa shape index (κ2) is 10.2. The Labute approximate surface area is 194 Å². The molecule has 2 aromatic carbocycles. The Kier molecular flexibility index (Phi) is 7.09. The van der Waals surface area contributed by atoms with Crippen LogP contribution in [-0.4, -0.2) is 60.1 Å². The minimum Gasteiger partial charge on any atom is -0.495 e. The average molecular weight is 453 g/mol. The predicted molar refractivity (Wildman–Crippen MR) is 131 cm³/mol. The van der Waals surface area contributed by atoms with Crippen LogP contribution in [0.1, 0.15) is 11.1 Å². The van der Waals surface area contributed by atoms with E-state index in [0.29, 0.717) is 16.7 Å². The van der Waals surface area contributed by atoms with Gasteiger partial charge in [0.15, 0.2) is 0 Å². The Morgan fingerprint density at radius 2 is 1.72 bits per heavy atom. The van der Waals surface area contributed by atoms with Crippen LogP contribution in [0.3, 0.4) is 0 Å². The van der Waals surface area contributed by atoms with E-state index in [1.165, 1.54) is 5.56 Å². The van der Waals surface area contributed by atoms with E-state index in [1.807, 2.05) is 19.1 Å². The fourth-order valence-electron chi connectivity index (χ4n) is 3.59. The number of aryl methyl sites for hydroxylation is 1. The van der Waals surface area contributed by atoms with Gasteiger partial charge in [-0.15, -0.1) is 0 Å². The lowest BCUT2D eigenvalue weighted by Crippen LogP contribution is -2.43. The van der Waals surface area contributed by atoms with Gasteiger partial charge in [-0.3, -0.25) is 4.90 Å². The fraction of sp³-hybridized carbons (Fsp3) is 0.333. The van der Waals surface area contributed by atoms with Crippen molar-refractivity contribution in [1.82, 2.24) is 19.8 Å². The van der Waals surface area contributed by atoms with E-state index in [0.717, 1.165) is 55.5 Å². The highest BCUT2D eigenvalue weighted by Crippen LogP contribution is 2.29. The van der Waals surface area contributed by atoms with Crippen molar-refractivity contribution in [2.75, 3.05) is 51.0 Å². The molecule has 0 aliphatic carbocycles. The number of ether oxygens (including phenoxy) is 1. The van der Waals surface area contributed by atoms with Gasteiger partial charge >= 0.3 is 0 Å². The zero-order valence-electron chi connectivity index (χ0n) is 18.7. The van der Waals surface area contributed by atoms with Crippen LogP contribution in [0.5, 0.6) is 5.75 Å². The molecule has 0 saturated carbocycles. The summed E-state index contributed by atoms with van der Waals surface area (Å²) in [5.74, 6) is 1.86. The number of nitrogens with zero attached hydrogens (tertiary/aromatic N) is 4. The Morgan fingerprint density at radius 3 is 2.44 bits per heavy atom. The molecule has 0 unspecified atom stereocenters. The number of hydrogen-bond acceptors (Lipinski definition) is 7. The summed E-state index contributed by atoms with van der Waals surface area (Å²) in [5, 5.41) is 7.18. The molecule has 1 aromatic heterocycles. The number of aromatic nitrogens is 2. The van der Waals surface area contributed by atoms with Crippen molar-refractivity contribution in [3.63, 3.8) is 0 Å². The van der Waals surface area contributed by atoms with E-state index in [9.17, 15) is 0 Å². The van der Waals surface area contributed by atoms with Gasteiger partial charge in [-0.25, -0.2) is 4.98 Å². The summed E-state index contributed by atoms with van der Waals surface area (Å²) in [4.78, 5) is 13.9. The molecule has 8 heteroatoms. The molecule has 0 atom stereocenters. The number of piperazine rings is 1. The molecule has 1 saturated heterocycles. The molecule has 1 aliphatic rings. The number of hydrogen-bond donors (Lipinski definition) is 2. The molecule has 0 amide bonds. The van der Waals surface area contributed by atoms with E-state index in [1.54, 1.807) is 19.4 Å². The van der Waals surface area contributed by atoms with Crippen molar-refractivity contribution in [1.29, 1.82) is 0 Å². The molecule has 2 heterocycles. The first-order valence-corrected chi connectivity index (χ1v) is 11.1. The van der Waals surface area contributed by atoms with Crippen LogP contribution in [0.25, 0.3) is 0 Å². The maximum atomic E-state index is 6.12. The van der Waals surface area contributed by atoms with Crippen LogP contribution in [0, 0.1) is 6.92 Å². The minimum atomic E-state index is 0.533. The smallest absolute Gasteiger partial charge is 0.229 e. The summed E-state index contributed by atoms with van der Waals surface area (Å²) in [6, 6.07) is 14.0. The van der Waals surface area contributed by atoms with Crippen molar-refractivity contribution in [3.05, 3.63) is 64.8 Å². The number of anilines is 4. The molecule has 32 heavy (non-hydrogen) atoms. The molecule has 168 valence electrons.